The fourth-order valence-electron chi connectivity index (χ4n) is 2.70. The lowest BCUT2D eigenvalue weighted by Gasteiger charge is -2.33. The van der Waals surface area contributed by atoms with Gasteiger partial charge in [-0.15, -0.1) is 0 Å². The van der Waals surface area contributed by atoms with Gasteiger partial charge in [-0.3, -0.25) is 4.79 Å². The summed E-state index contributed by atoms with van der Waals surface area (Å²) in [5, 5.41) is 0. The molecule has 1 aliphatic carbocycles. The molecule has 1 fully saturated rings. The van der Waals surface area contributed by atoms with E-state index in [0.717, 1.165) is 25.7 Å². The molecule has 0 saturated heterocycles. The molecule has 0 aliphatic heterocycles. The lowest BCUT2D eigenvalue weighted by Crippen LogP contribution is -2.52. The van der Waals surface area contributed by atoms with Crippen LogP contribution in [0.5, 0.6) is 0 Å². The molecule has 124 valence electrons. The minimum atomic E-state index is -3.02. The zero-order valence-corrected chi connectivity index (χ0v) is 14.9. The molecule has 0 aromatic heterocycles. The summed E-state index contributed by atoms with van der Waals surface area (Å²) < 4.78 is 23.0. The van der Waals surface area contributed by atoms with Gasteiger partial charge >= 0.3 is 14.8 Å². The number of rotatable bonds is 9. The van der Waals surface area contributed by atoms with E-state index in [1.54, 1.807) is 6.92 Å². The Morgan fingerprint density at radius 3 is 1.90 bits per heavy atom. The second-order valence-electron chi connectivity index (χ2n) is 5.32. The first kappa shape index (κ1) is 18.6. The average Bonchev–Trinajstić information content (AvgIpc) is 2.48. The number of hydrogen-bond acceptors (Lipinski definition) is 5. The lowest BCUT2D eigenvalue weighted by molar-refractivity contribution is -0.151. The maximum absolute atomic E-state index is 12.5. The molecule has 0 heterocycles. The van der Waals surface area contributed by atoms with Crippen LogP contribution in [0.1, 0.15) is 59.8 Å². The molecule has 0 aromatic rings. The van der Waals surface area contributed by atoms with E-state index in [1.165, 1.54) is 6.42 Å². The molecule has 0 radical (unpaired) electrons. The van der Waals surface area contributed by atoms with Crippen molar-refractivity contribution in [1.29, 1.82) is 0 Å². The SMILES string of the molecule is CCO[Si](OCC)(OCC)C(C)C(=O)OC1CCCCC1. The topological polar surface area (TPSA) is 54.0 Å². The summed E-state index contributed by atoms with van der Waals surface area (Å²) in [6, 6.07) is 0. The lowest BCUT2D eigenvalue weighted by atomic mass is 9.98. The first-order valence-electron chi connectivity index (χ1n) is 8.21. The van der Waals surface area contributed by atoms with Gasteiger partial charge in [-0.05, 0) is 53.4 Å². The van der Waals surface area contributed by atoms with E-state index < -0.39 is 14.3 Å². The molecule has 0 aromatic carbocycles. The number of hydrogen-bond donors (Lipinski definition) is 0. The number of esters is 1. The van der Waals surface area contributed by atoms with Gasteiger partial charge in [-0.25, -0.2) is 0 Å². The van der Waals surface area contributed by atoms with Gasteiger partial charge in [0.2, 0.25) is 0 Å². The van der Waals surface area contributed by atoms with Gasteiger partial charge in [0.05, 0.1) is 0 Å². The molecule has 1 saturated carbocycles. The zero-order chi connectivity index (χ0) is 15.7. The highest BCUT2D eigenvalue weighted by atomic mass is 28.4. The third-order valence-corrected chi connectivity index (χ3v) is 7.12. The van der Waals surface area contributed by atoms with E-state index in [1.807, 2.05) is 20.8 Å². The Labute approximate surface area is 129 Å². The van der Waals surface area contributed by atoms with Crippen LogP contribution < -0.4 is 0 Å². The first-order chi connectivity index (χ1) is 10.1. The second-order valence-corrected chi connectivity index (χ2v) is 8.26. The van der Waals surface area contributed by atoms with Crippen molar-refractivity contribution in [2.45, 2.75) is 71.4 Å². The summed E-state index contributed by atoms with van der Waals surface area (Å²) in [6.07, 6.45) is 5.48. The molecule has 0 N–H and O–H groups in total. The van der Waals surface area contributed by atoms with E-state index in [9.17, 15) is 4.79 Å². The van der Waals surface area contributed by atoms with E-state index in [0.29, 0.717) is 19.8 Å². The quantitative estimate of drug-likeness (QED) is 0.482. The summed E-state index contributed by atoms with van der Waals surface area (Å²) in [4.78, 5) is 12.5. The monoisotopic (exact) mass is 318 g/mol. The molecule has 0 amide bonds. The largest absolute Gasteiger partial charge is 0.515 e. The van der Waals surface area contributed by atoms with Gasteiger partial charge in [-0.1, -0.05) is 6.42 Å². The van der Waals surface area contributed by atoms with Crippen LogP contribution in [0.4, 0.5) is 0 Å². The van der Waals surface area contributed by atoms with Gasteiger partial charge in [0.25, 0.3) is 0 Å². The molecule has 5 nitrogen and oxygen atoms in total. The normalized spacial score (nSPS) is 18.5. The minimum absolute atomic E-state index is 0.0466. The van der Waals surface area contributed by atoms with Crippen LogP contribution in [0.25, 0.3) is 0 Å². The fourth-order valence-corrected chi connectivity index (χ4v) is 5.26. The van der Waals surface area contributed by atoms with Crippen molar-refractivity contribution >= 4 is 14.8 Å². The van der Waals surface area contributed by atoms with Gasteiger partial charge in [0.15, 0.2) is 0 Å². The molecule has 0 spiro atoms. The predicted molar refractivity (Wildman–Crippen MR) is 83.0 cm³/mol. The summed E-state index contributed by atoms with van der Waals surface area (Å²) in [6.45, 7) is 8.86. The standard InChI is InChI=1S/C15H30O5Si/c1-5-17-21(18-6-2,19-7-3)13(4)15(16)20-14-11-9-8-10-12-14/h13-14H,5-12H2,1-4H3. The van der Waals surface area contributed by atoms with Crippen molar-refractivity contribution < 1.29 is 22.8 Å². The van der Waals surface area contributed by atoms with Gasteiger partial charge in [-0.2, -0.15) is 0 Å². The molecule has 1 rings (SSSR count). The van der Waals surface area contributed by atoms with Crippen molar-refractivity contribution in [3.63, 3.8) is 0 Å². The van der Waals surface area contributed by atoms with Crippen LogP contribution in [0.3, 0.4) is 0 Å². The van der Waals surface area contributed by atoms with Crippen LogP contribution in [-0.4, -0.2) is 40.7 Å². The Balaban J connectivity index is 2.71. The van der Waals surface area contributed by atoms with Crippen LogP contribution in [0.2, 0.25) is 5.54 Å². The van der Waals surface area contributed by atoms with Crippen LogP contribution in [0.15, 0.2) is 0 Å². The Kier molecular flexibility index (Phi) is 8.47. The highest BCUT2D eigenvalue weighted by Gasteiger charge is 2.51. The van der Waals surface area contributed by atoms with Gasteiger partial charge in [0, 0.05) is 19.8 Å². The van der Waals surface area contributed by atoms with Crippen molar-refractivity contribution in [1.82, 2.24) is 0 Å². The molecular formula is C15H30O5Si. The highest BCUT2D eigenvalue weighted by Crippen LogP contribution is 2.29. The van der Waals surface area contributed by atoms with E-state index >= 15 is 0 Å². The molecule has 6 heteroatoms. The number of ether oxygens (including phenoxy) is 1. The molecule has 1 aliphatic rings. The van der Waals surface area contributed by atoms with Crippen LogP contribution >= 0.6 is 0 Å². The number of carbonyl (C=O) groups excluding carboxylic acids is 1. The Hall–Kier alpha value is -0.433. The molecule has 0 bridgehead atoms. The Morgan fingerprint density at radius 2 is 1.48 bits per heavy atom. The predicted octanol–water partition coefficient (Wildman–Crippen LogP) is 3.30. The minimum Gasteiger partial charge on any atom is -0.462 e. The molecule has 21 heavy (non-hydrogen) atoms. The summed E-state index contributed by atoms with van der Waals surface area (Å²) >= 11 is 0. The molecule has 1 unspecified atom stereocenters. The maximum atomic E-state index is 12.5. The van der Waals surface area contributed by atoms with Crippen molar-refractivity contribution in [3.05, 3.63) is 0 Å². The summed E-state index contributed by atoms with van der Waals surface area (Å²) in [5.74, 6) is -0.246. The fraction of sp³-hybridized carbons (Fsp3) is 0.933. The summed E-state index contributed by atoms with van der Waals surface area (Å²) in [7, 11) is -3.02. The van der Waals surface area contributed by atoms with Crippen LogP contribution in [-0.2, 0) is 22.8 Å². The van der Waals surface area contributed by atoms with Crippen molar-refractivity contribution in [2.24, 2.45) is 0 Å². The van der Waals surface area contributed by atoms with E-state index in [4.69, 9.17) is 18.0 Å². The van der Waals surface area contributed by atoms with E-state index in [2.05, 4.69) is 0 Å². The molecule has 1 atom stereocenters. The van der Waals surface area contributed by atoms with Crippen molar-refractivity contribution in [3.8, 4) is 0 Å². The van der Waals surface area contributed by atoms with Gasteiger partial charge in [0.1, 0.15) is 11.6 Å². The average molecular weight is 318 g/mol. The maximum Gasteiger partial charge on any atom is 0.515 e. The zero-order valence-electron chi connectivity index (χ0n) is 13.9. The first-order valence-corrected chi connectivity index (χ1v) is 10.0. The number of carbonyl (C=O) groups is 1. The van der Waals surface area contributed by atoms with Gasteiger partial charge < -0.3 is 18.0 Å². The van der Waals surface area contributed by atoms with E-state index in [-0.39, 0.29) is 12.1 Å². The summed E-state index contributed by atoms with van der Waals surface area (Å²) in [5.41, 5.74) is -0.487. The highest BCUT2D eigenvalue weighted by molar-refractivity contribution is 6.66. The van der Waals surface area contributed by atoms with Crippen molar-refractivity contribution in [2.75, 3.05) is 19.8 Å². The third-order valence-electron chi connectivity index (χ3n) is 3.76. The third kappa shape index (κ3) is 5.36. The Bertz CT molecular complexity index is 287. The van der Waals surface area contributed by atoms with Crippen LogP contribution in [0, 0.1) is 0 Å². The smallest absolute Gasteiger partial charge is 0.462 e. The second kappa shape index (κ2) is 9.56. The Morgan fingerprint density at radius 1 is 1.00 bits per heavy atom. The molecular weight excluding hydrogens is 288 g/mol.